The van der Waals surface area contributed by atoms with Crippen molar-refractivity contribution in [3.8, 4) is 148 Å². The minimum Gasteiger partial charge on any atom is -0.378 e. The third-order valence-electron chi connectivity index (χ3n) is 18.6. The lowest BCUT2D eigenvalue weighted by Gasteiger charge is -2.11. The van der Waals surface area contributed by atoms with Crippen LogP contribution in [0.4, 0.5) is 68.2 Å². The maximum absolute atomic E-state index is 5.21. The summed E-state index contributed by atoms with van der Waals surface area (Å²) in [5.74, 6) is 30.9. The van der Waals surface area contributed by atoms with Crippen molar-refractivity contribution < 1.29 is 0 Å². The molecule has 0 aromatic heterocycles. The van der Waals surface area contributed by atoms with Crippen LogP contribution in [-0.2, 0) is 0 Å². The first-order chi connectivity index (χ1) is 62.8. The molecular formula is C120H132N12. The first kappa shape index (κ1) is 113. The predicted molar refractivity (Wildman–Crippen MR) is 584 cm³/mol. The molecule has 0 atom stereocenters. The zero-order chi connectivity index (χ0) is 99.2. The van der Waals surface area contributed by atoms with Gasteiger partial charge in [-0.25, -0.2) is 0 Å². The van der Waals surface area contributed by atoms with Crippen LogP contribution in [0.25, 0.3) is 0 Å². The highest BCUT2D eigenvalue weighted by Gasteiger charge is 2.02. The molecule has 0 radical (unpaired) electrons. The summed E-state index contributed by atoms with van der Waals surface area (Å²) in [6, 6.07) is 94.8. The van der Waals surface area contributed by atoms with Crippen molar-refractivity contribution in [3.63, 3.8) is 0 Å². The number of nitrogens with zero attached hydrogens (tertiary/aromatic N) is 12. The molecule has 132 heavy (non-hydrogen) atoms. The lowest BCUT2D eigenvalue weighted by atomic mass is 10.2. The summed E-state index contributed by atoms with van der Waals surface area (Å²) in [6.07, 6.45) is 62.5. The van der Waals surface area contributed by atoms with Crippen molar-refractivity contribution in [2.24, 2.45) is 0 Å². The monoisotopic (exact) mass is 1740 g/mol. The third-order valence-corrected chi connectivity index (χ3v) is 18.6. The van der Waals surface area contributed by atoms with Gasteiger partial charge in [-0.05, 0) is 291 Å². The highest BCUT2D eigenvalue weighted by atomic mass is 15.1. The number of benzene rings is 12. The first-order valence-electron chi connectivity index (χ1n) is 41.7. The van der Waals surface area contributed by atoms with Crippen molar-refractivity contribution in [2.45, 2.75) is 0 Å². The van der Waals surface area contributed by atoms with Crippen LogP contribution in [0.1, 0.15) is 66.8 Å². The van der Waals surface area contributed by atoms with Gasteiger partial charge in [-0.3, -0.25) is 0 Å². The third kappa shape index (κ3) is 46.3. The van der Waals surface area contributed by atoms with Crippen LogP contribution in [-0.4, -0.2) is 169 Å². The van der Waals surface area contributed by atoms with Crippen LogP contribution < -0.4 is 58.8 Å². The van der Waals surface area contributed by atoms with E-state index in [2.05, 4.69) is 71.0 Å². The Labute approximate surface area is 797 Å². The van der Waals surface area contributed by atoms with Gasteiger partial charge in [0.2, 0.25) is 0 Å². The molecule has 0 unspecified atom stereocenters. The second kappa shape index (κ2) is 63.8. The maximum Gasteiger partial charge on any atom is 0.0361 e. The summed E-state index contributed by atoms with van der Waals surface area (Å²) in [7, 11) is 48.1. The molecule has 12 aromatic carbocycles. The van der Waals surface area contributed by atoms with Crippen molar-refractivity contribution in [1.29, 1.82) is 0 Å². The highest BCUT2D eigenvalue weighted by Crippen LogP contribution is 2.20. The summed E-state index contributed by atoms with van der Waals surface area (Å²) < 4.78 is 0. The van der Waals surface area contributed by atoms with Crippen molar-refractivity contribution >= 4 is 68.2 Å². The normalized spacial score (nSPS) is 8.82. The summed E-state index contributed by atoms with van der Waals surface area (Å²) in [4.78, 5) is 24.5. The van der Waals surface area contributed by atoms with Crippen LogP contribution in [0.2, 0.25) is 0 Å². The van der Waals surface area contributed by atoms with E-state index in [4.69, 9.17) is 77.1 Å². The van der Waals surface area contributed by atoms with E-state index in [0.29, 0.717) is 0 Å². The quantitative estimate of drug-likeness (QED) is 0.109. The SMILES string of the molecule is C#Cc1ccc(N(C)C)cc1.C#Cc1ccc(N(C)C)cc1.C#Cc1ccc(N(C)C)cc1.C#Cc1ccc(N(C)C)cc1.C#Cc1ccc(N(C)C)cc1.C#Cc1ccc(N(C)C)cc1.C#Cc1ccc(N(C)C)cc1.C#Cc1ccc(N(C)C)cc1.C#Cc1ccc(N(C)C)cc1.C#Cc1ccc(N(C)C)cc1.C#Cc1ccc(N(C)C)cc1.C#Cc1ccc(N(C)C)cc1. The molecule has 12 heteroatoms. The molecule has 0 bridgehead atoms. The Balaban J connectivity index is 0.000000720. The van der Waals surface area contributed by atoms with Crippen LogP contribution in [0.5, 0.6) is 0 Å². The van der Waals surface area contributed by atoms with Gasteiger partial charge in [-0.2, -0.15) is 0 Å². The van der Waals surface area contributed by atoms with Gasteiger partial charge in [0.15, 0.2) is 0 Å². The molecule has 0 N–H and O–H groups in total. The fraction of sp³-hybridized carbons (Fsp3) is 0.200. The molecule has 0 saturated carbocycles. The average Bonchev–Trinajstić information content (AvgIpc) is 0.990. The molecule has 0 heterocycles. The topological polar surface area (TPSA) is 38.9 Å². The second-order valence-electron chi connectivity index (χ2n) is 31.0. The van der Waals surface area contributed by atoms with Gasteiger partial charge in [0.1, 0.15) is 0 Å². The zero-order valence-electron chi connectivity index (χ0n) is 82.0. The minimum absolute atomic E-state index is 0.926. The highest BCUT2D eigenvalue weighted by molar-refractivity contribution is 5.58. The average molecular weight is 1740 g/mol. The lowest BCUT2D eigenvalue weighted by Crippen LogP contribution is -2.07. The Morgan fingerprint density at radius 1 is 0.0985 bits per heavy atom. The van der Waals surface area contributed by atoms with E-state index in [1.807, 2.05) is 519 Å². The Kier molecular flexibility index (Phi) is 54.6. The van der Waals surface area contributed by atoms with Gasteiger partial charge in [0.25, 0.3) is 0 Å². The molecule has 0 amide bonds. The van der Waals surface area contributed by atoms with E-state index in [1.165, 1.54) is 68.2 Å². The smallest absolute Gasteiger partial charge is 0.0361 e. The standard InChI is InChI=1S/12C10H11N/c12*1-4-9-5-7-10(8-6-9)11(2)3/h12*1,5-8H,2-3H3. The van der Waals surface area contributed by atoms with E-state index in [-0.39, 0.29) is 0 Å². The Hall–Kier alpha value is -17.0. The summed E-state index contributed by atoms with van der Waals surface area (Å²) in [5, 5.41) is 0. The molecule has 12 nitrogen and oxygen atoms in total. The molecular weight excluding hydrogens is 1610 g/mol. The van der Waals surface area contributed by atoms with Crippen molar-refractivity contribution in [1.82, 2.24) is 0 Å². The lowest BCUT2D eigenvalue weighted by molar-refractivity contribution is 1.13. The number of rotatable bonds is 12. The molecule has 12 rings (SSSR count). The fourth-order valence-corrected chi connectivity index (χ4v) is 10.3. The van der Waals surface area contributed by atoms with E-state index < -0.39 is 0 Å². The Bertz CT molecular complexity index is 4490. The van der Waals surface area contributed by atoms with Gasteiger partial charge in [-0.15, -0.1) is 77.1 Å². The Morgan fingerprint density at radius 2 is 0.144 bits per heavy atom. The first-order valence-corrected chi connectivity index (χ1v) is 41.7. The molecule has 672 valence electrons. The molecule has 0 aliphatic carbocycles. The van der Waals surface area contributed by atoms with Crippen molar-refractivity contribution in [2.75, 3.05) is 228 Å². The van der Waals surface area contributed by atoms with Gasteiger partial charge >= 0.3 is 0 Å². The number of anilines is 12. The van der Waals surface area contributed by atoms with Crippen molar-refractivity contribution in [3.05, 3.63) is 358 Å². The van der Waals surface area contributed by atoms with Gasteiger partial charge in [0, 0.05) is 304 Å². The van der Waals surface area contributed by atoms with Crippen LogP contribution in [0, 0.1) is 148 Å². The van der Waals surface area contributed by atoms with Crippen LogP contribution in [0.3, 0.4) is 0 Å². The molecule has 0 fully saturated rings. The molecule has 0 spiro atoms. The summed E-state index contributed by atoms with van der Waals surface area (Å²) >= 11 is 0. The molecule has 0 aliphatic rings. The zero-order valence-corrected chi connectivity index (χ0v) is 82.0. The largest absolute Gasteiger partial charge is 0.378 e. The summed E-state index contributed by atoms with van der Waals surface area (Å²) in [6.45, 7) is 0. The van der Waals surface area contributed by atoms with E-state index >= 15 is 0 Å². The van der Waals surface area contributed by atoms with E-state index in [0.717, 1.165) is 66.8 Å². The van der Waals surface area contributed by atoms with Crippen LogP contribution >= 0.6 is 0 Å². The second-order valence-corrected chi connectivity index (χ2v) is 31.0. The predicted octanol–water partition coefficient (Wildman–Crippen LogP) is 20.8. The Morgan fingerprint density at radius 3 is 0.174 bits per heavy atom. The van der Waals surface area contributed by atoms with Gasteiger partial charge in [0.05, 0.1) is 0 Å². The van der Waals surface area contributed by atoms with E-state index in [1.54, 1.807) is 0 Å². The molecule has 0 saturated heterocycles. The van der Waals surface area contributed by atoms with Crippen LogP contribution in [0.15, 0.2) is 291 Å². The number of hydrogen-bond donors (Lipinski definition) is 0. The molecule has 12 aromatic rings. The number of terminal acetylenes is 12. The molecule has 0 aliphatic heterocycles. The number of hydrogen-bond acceptors (Lipinski definition) is 12. The van der Waals surface area contributed by atoms with E-state index in [9.17, 15) is 0 Å². The summed E-state index contributed by atoms with van der Waals surface area (Å²) in [5.41, 5.74) is 25.2. The fourth-order valence-electron chi connectivity index (χ4n) is 10.3. The van der Waals surface area contributed by atoms with Gasteiger partial charge in [-0.1, -0.05) is 71.0 Å². The maximum atomic E-state index is 5.21. The van der Waals surface area contributed by atoms with Gasteiger partial charge < -0.3 is 58.8 Å². The minimum atomic E-state index is 0.926.